The van der Waals surface area contributed by atoms with Crippen LogP contribution < -0.4 is 0 Å². The van der Waals surface area contributed by atoms with Crippen LogP contribution in [0.15, 0.2) is 18.2 Å². The summed E-state index contributed by atoms with van der Waals surface area (Å²) in [6, 6.07) is 5.81. The van der Waals surface area contributed by atoms with Gasteiger partial charge in [0.05, 0.1) is 6.04 Å². The van der Waals surface area contributed by atoms with Gasteiger partial charge in [0.25, 0.3) is 0 Å². The third-order valence-corrected chi connectivity index (χ3v) is 3.07. The molecule has 0 spiro atoms. The van der Waals surface area contributed by atoms with Crippen molar-refractivity contribution in [2.24, 2.45) is 0 Å². The molecular weight excluding hydrogens is 242 g/mol. The number of aromatic nitrogens is 3. The van der Waals surface area contributed by atoms with Gasteiger partial charge < -0.3 is 5.11 Å². The molecular formula is C14H17N3O2. The van der Waals surface area contributed by atoms with E-state index in [0.717, 1.165) is 16.7 Å². The molecule has 2 rings (SSSR count). The van der Waals surface area contributed by atoms with Crippen molar-refractivity contribution in [3.8, 4) is 11.3 Å². The molecule has 1 N–H and O–H groups in total. The van der Waals surface area contributed by atoms with E-state index >= 15 is 0 Å². The minimum atomic E-state index is -1.06. The number of rotatable bonds is 3. The smallest absolute Gasteiger partial charge is 0.358 e. The quantitative estimate of drug-likeness (QED) is 0.920. The third-order valence-electron chi connectivity index (χ3n) is 3.07. The number of hydrogen-bond donors (Lipinski definition) is 1. The van der Waals surface area contributed by atoms with Crippen LogP contribution in [0, 0.1) is 13.8 Å². The Morgan fingerprint density at radius 1 is 1.21 bits per heavy atom. The van der Waals surface area contributed by atoms with E-state index in [2.05, 4.69) is 10.2 Å². The highest BCUT2D eigenvalue weighted by molar-refractivity contribution is 5.92. The van der Waals surface area contributed by atoms with Crippen LogP contribution >= 0.6 is 0 Å². The van der Waals surface area contributed by atoms with Gasteiger partial charge in [0.15, 0.2) is 5.69 Å². The molecule has 19 heavy (non-hydrogen) atoms. The van der Waals surface area contributed by atoms with Crippen molar-refractivity contribution in [3.63, 3.8) is 0 Å². The Bertz CT molecular complexity index is 630. The Balaban J connectivity index is 2.59. The number of benzene rings is 1. The highest BCUT2D eigenvalue weighted by Gasteiger charge is 2.20. The summed E-state index contributed by atoms with van der Waals surface area (Å²) in [5.41, 5.74) is 3.47. The standard InChI is InChI=1S/C14H17N3O2/c1-8(2)17-15-12(13(16-17)14(18)19)11-6-5-9(3)10(4)7-11/h5-8H,1-4H3,(H,18,19). The average Bonchev–Trinajstić information content (AvgIpc) is 2.78. The van der Waals surface area contributed by atoms with E-state index in [1.54, 1.807) is 0 Å². The second kappa shape index (κ2) is 4.84. The number of aryl methyl sites for hydroxylation is 2. The van der Waals surface area contributed by atoms with Gasteiger partial charge in [-0.3, -0.25) is 0 Å². The first-order valence-corrected chi connectivity index (χ1v) is 6.18. The van der Waals surface area contributed by atoms with Gasteiger partial charge in [-0.25, -0.2) is 4.79 Å². The number of hydrogen-bond acceptors (Lipinski definition) is 3. The molecule has 100 valence electrons. The largest absolute Gasteiger partial charge is 0.476 e. The van der Waals surface area contributed by atoms with E-state index in [1.165, 1.54) is 4.80 Å². The average molecular weight is 259 g/mol. The summed E-state index contributed by atoms with van der Waals surface area (Å²) in [6.07, 6.45) is 0. The molecule has 0 atom stereocenters. The van der Waals surface area contributed by atoms with Crippen molar-refractivity contribution in [3.05, 3.63) is 35.0 Å². The third kappa shape index (κ3) is 2.50. The lowest BCUT2D eigenvalue weighted by atomic mass is 10.0. The summed E-state index contributed by atoms with van der Waals surface area (Å²) in [7, 11) is 0. The van der Waals surface area contributed by atoms with Crippen molar-refractivity contribution in [1.29, 1.82) is 0 Å². The van der Waals surface area contributed by atoms with Crippen LogP contribution in [0.25, 0.3) is 11.3 Å². The molecule has 0 fully saturated rings. The highest BCUT2D eigenvalue weighted by Crippen LogP contribution is 2.23. The van der Waals surface area contributed by atoms with Gasteiger partial charge in [0.2, 0.25) is 0 Å². The fraction of sp³-hybridized carbons (Fsp3) is 0.357. The van der Waals surface area contributed by atoms with Crippen molar-refractivity contribution in [2.45, 2.75) is 33.7 Å². The zero-order valence-electron chi connectivity index (χ0n) is 11.5. The van der Waals surface area contributed by atoms with Gasteiger partial charge in [-0.1, -0.05) is 12.1 Å². The predicted octanol–water partition coefficient (Wildman–Crippen LogP) is 2.84. The van der Waals surface area contributed by atoms with E-state index in [-0.39, 0.29) is 11.7 Å². The summed E-state index contributed by atoms with van der Waals surface area (Å²) in [5.74, 6) is -1.06. The maximum absolute atomic E-state index is 11.3. The first-order valence-electron chi connectivity index (χ1n) is 6.18. The van der Waals surface area contributed by atoms with E-state index in [9.17, 15) is 9.90 Å². The minimum absolute atomic E-state index is 0.00282. The molecule has 1 aromatic heterocycles. The molecule has 0 aliphatic rings. The molecule has 2 aromatic rings. The van der Waals surface area contributed by atoms with Gasteiger partial charge in [0, 0.05) is 5.56 Å². The van der Waals surface area contributed by atoms with Crippen LogP contribution in [0.2, 0.25) is 0 Å². The topological polar surface area (TPSA) is 68.0 Å². The lowest BCUT2D eigenvalue weighted by Crippen LogP contribution is -2.06. The molecule has 0 radical (unpaired) electrons. The van der Waals surface area contributed by atoms with Crippen LogP contribution in [0.4, 0.5) is 0 Å². The summed E-state index contributed by atoms with van der Waals surface area (Å²) in [5, 5.41) is 17.6. The Morgan fingerprint density at radius 2 is 1.89 bits per heavy atom. The minimum Gasteiger partial charge on any atom is -0.476 e. The predicted molar refractivity (Wildman–Crippen MR) is 72.3 cm³/mol. The lowest BCUT2D eigenvalue weighted by Gasteiger charge is -2.03. The number of carboxylic acids is 1. The van der Waals surface area contributed by atoms with Crippen molar-refractivity contribution < 1.29 is 9.90 Å². The molecule has 0 saturated carbocycles. The van der Waals surface area contributed by atoms with Crippen molar-refractivity contribution in [2.75, 3.05) is 0 Å². The van der Waals surface area contributed by atoms with Crippen LogP contribution in [0.5, 0.6) is 0 Å². The van der Waals surface area contributed by atoms with Gasteiger partial charge in [-0.2, -0.15) is 9.90 Å². The normalized spacial score (nSPS) is 11.0. The second-order valence-electron chi connectivity index (χ2n) is 4.92. The van der Waals surface area contributed by atoms with Crippen molar-refractivity contribution in [1.82, 2.24) is 15.0 Å². The first-order chi connectivity index (χ1) is 8.90. The van der Waals surface area contributed by atoms with Gasteiger partial charge in [-0.15, -0.1) is 5.10 Å². The lowest BCUT2D eigenvalue weighted by molar-refractivity contribution is 0.0690. The fourth-order valence-corrected chi connectivity index (χ4v) is 1.78. The summed E-state index contributed by atoms with van der Waals surface area (Å²) in [6.45, 7) is 7.83. The summed E-state index contributed by atoms with van der Waals surface area (Å²) >= 11 is 0. The number of carbonyl (C=O) groups is 1. The molecule has 5 nitrogen and oxygen atoms in total. The van der Waals surface area contributed by atoms with Crippen LogP contribution in [-0.4, -0.2) is 26.1 Å². The fourth-order valence-electron chi connectivity index (χ4n) is 1.78. The highest BCUT2D eigenvalue weighted by atomic mass is 16.4. The molecule has 0 bridgehead atoms. The maximum Gasteiger partial charge on any atom is 0.358 e. The Labute approximate surface area is 111 Å². The molecule has 1 heterocycles. The number of nitrogens with zero attached hydrogens (tertiary/aromatic N) is 3. The SMILES string of the molecule is Cc1ccc(-c2nn(C(C)C)nc2C(=O)O)cc1C. The Kier molecular flexibility index (Phi) is 3.38. The summed E-state index contributed by atoms with van der Waals surface area (Å²) < 4.78 is 0. The zero-order chi connectivity index (χ0) is 14.2. The van der Waals surface area contributed by atoms with Gasteiger partial charge >= 0.3 is 5.97 Å². The second-order valence-corrected chi connectivity index (χ2v) is 4.92. The maximum atomic E-state index is 11.3. The van der Waals surface area contributed by atoms with Gasteiger partial charge in [0.1, 0.15) is 5.69 Å². The zero-order valence-corrected chi connectivity index (χ0v) is 11.5. The first kappa shape index (κ1) is 13.3. The van der Waals surface area contributed by atoms with E-state index in [0.29, 0.717) is 5.69 Å². The molecule has 0 amide bonds. The van der Waals surface area contributed by atoms with Crippen molar-refractivity contribution >= 4 is 5.97 Å². The van der Waals surface area contributed by atoms with Crippen LogP contribution in [0.1, 0.15) is 41.5 Å². The van der Waals surface area contributed by atoms with Crippen LogP contribution in [0.3, 0.4) is 0 Å². The molecule has 0 unspecified atom stereocenters. The molecule has 0 aliphatic carbocycles. The molecule has 0 aliphatic heterocycles. The van der Waals surface area contributed by atoms with Crippen LogP contribution in [-0.2, 0) is 0 Å². The molecule has 1 aromatic carbocycles. The monoisotopic (exact) mass is 259 g/mol. The number of aromatic carboxylic acids is 1. The van der Waals surface area contributed by atoms with E-state index < -0.39 is 5.97 Å². The molecule has 5 heteroatoms. The van der Waals surface area contributed by atoms with Gasteiger partial charge in [-0.05, 0) is 44.9 Å². The van der Waals surface area contributed by atoms with E-state index in [1.807, 2.05) is 45.9 Å². The number of carboxylic acid groups (broad SMARTS) is 1. The molecule has 0 saturated heterocycles. The van der Waals surface area contributed by atoms with E-state index in [4.69, 9.17) is 0 Å². The Hall–Kier alpha value is -2.17. The Morgan fingerprint density at radius 3 is 2.42 bits per heavy atom. The summed E-state index contributed by atoms with van der Waals surface area (Å²) in [4.78, 5) is 12.7.